The van der Waals surface area contributed by atoms with Gasteiger partial charge < -0.3 is 10.4 Å². The van der Waals surface area contributed by atoms with Crippen LogP contribution in [0.2, 0.25) is 0 Å². The third kappa shape index (κ3) is 1.08. The van der Waals surface area contributed by atoms with Crippen molar-refractivity contribution in [2.45, 2.75) is 5.60 Å². The molecule has 1 amide bonds. The summed E-state index contributed by atoms with van der Waals surface area (Å²) in [6.45, 7) is 0. The predicted octanol–water partition coefficient (Wildman–Crippen LogP) is 1.94. The molecule has 3 rings (SSSR count). The van der Waals surface area contributed by atoms with Gasteiger partial charge in [0, 0.05) is 11.3 Å². The molecule has 0 radical (unpaired) electrons. The van der Waals surface area contributed by atoms with E-state index < -0.39 is 5.60 Å². The number of anilines is 1. The van der Waals surface area contributed by atoms with E-state index in [0.29, 0.717) is 16.1 Å². The molecule has 1 aromatic carbocycles. The van der Waals surface area contributed by atoms with Crippen LogP contribution in [0.4, 0.5) is 5.69 Å². The molecule has 0 unspecified atom stereocenters. The van der Waals surface area contributed by atoms with Crippen molar-refractivity contribution < 1.29 is 9.90 Å². The standard InChI is InChI=1S/C12H9NO2S/c14-11-12(15,10-6-3-7-16-10)8-4-1-2-5-9(8)13-11/h1-7,15H,(H,13,14)/t12-/m0/s1. The number of fused-ring (bicyclic) bond motifs is 1. The van der Waals surface area contributed by atoms with Gasteiger partial charge in [-0.2, -0.15) is 0 Å². The van der Waals surface area contributed by atoms with Crippen molar-refractivity contribution in [3.05, 3.63) is 52.2 Å². The minimum atomic E-state index is -1.52. The number of hydrogen-bond acceptors (Lipinski definition) is 3. The first-order valence-electron chi connectivity index (χ1n) is 4.90. The van der Waals surface area contributed by atoms with E-state index in [4.69, 9.17) is 0 Å². The Morgan fingerprint density at radius 2 is 2.00 bits per heavy atom. The zero-order chi connectivity index (χ0) is 11.2. The van der Waals surface area contributed by atoms with Crippen molar-refractivity contribution >= 4 is 22.9 Å². The van der Waals surface area contributed by atoms with Gasteiger partial charge in [-0.25, -0.2) is 0 Å². The average molecular weight is 231 g/mol. The van der Waals surface area contributed by atoms with E-state index in [1.54, 1.807) is 18.2 Å². The molecule has 2 heterocycles. The zero-order valence-electron chi connectivity index (χ0n) is 8.31. The molecule has 0 saturated carbocycles. The molecule has 0 spiro atoms. The molecule has 0 fully saturated rings. The number of carbonyl (C=O) groups is 1. The Morgan fingerprint density at radius 3 is 2.75 bits per heavy atom. The quantitative estimate of drug-likeness (QED) is 0.788. The Hall–Kier alpha value is -1.65. The van der Waals surface area contributed by atoms with Gasteiger partial charge in [0.15, 0.2) is 0 Å². The largest absolute Gasteiger partial charge is 0.371 e. The number of amides is 1. The number of hydrogen-bond donors (Lipinski definition) is 2. The van der Waals surface area contributed by atoms with Crippen molar-refractivity contribution in [1.29, 1.82) is 0 Å². The number of thiophene rings is 1. The normalized spacial score (nSPS) is 22.9. The van der Waals surface area contributed by atoms with E-state index in [0.717, 1.165) is 0 Å². The number of carbonyl (C=O) groups excluding carboxylic acids is 1. The molecule has 1 atom stereocenters. The Balaban J connectivity index is 2.25. The van der Waals surface area contributed by atoms with Crippen LogP contribution in [0.3, 0.4) is 0 Å². The van der Waals surface area contributed by atoms with E-state index in [-0.39, 0.29) is 5.91 Å². The predicted molar refractivity (Wildman–Crippen MR) is 62.4 cm³/mol. The van der Waals surface area contributed by atoms with Gasteiger partial charge >= 0.3 is 0 Å². The second kappa shape index (κ2) is 3.17. The Kier molecular flexibility index (Phi) is 1.89. The highest BCUT2D eigenvalue weighted by Crippen LogP contribution is 2.42. The number of aliphatic hydroxyl groups is 1. The summed E-state index contributed by atoms with van der Waals surface area (Å²) in [5.41, 5.74) is -0.212. The molecule has 4 heteroatoms. The molecule has 2 aromatic rings. The van der Waals surface area contributed by atoms with Gasteiger partial charge in [-0.1, -0.05) is 24.3 Å². The van der Waals surface area contributed by atoms with E-state index >= 15 is 0 Å². The second-order valence-corrected chi connectivity index (χ2v) is 4.64. The van der Waals surface area contributed by atoms with Crippen molar-refractivity contribution in [2.24, 2.45) is 0 Å². The summed E-state index contributed by atoms with van der Waals surface area (Å²) in [6.07, 6.45) is 0. The molecule has 3 nitrogen and oxygen atoms in total. The molecule has 16 heavy (non-hydrogen) atoms. The van der Waals surface area contributed by atoms with Crippen LogP contribution >= 0.6 is 11.3 Å². The molecular weight excluding hydrogens is 222 g/mol. The fourth-order valence-corrected chi connectivity index (χ4v) is 2.81. The lowest BCUT2D eigenvalue weighted by Crippen LogP contribution is -2.34. The molecule has 0 saturated heterocycles. The first-order valence-corrected chi connectivity index (χ1v) is 5.78. The summed E-state index contributed by atoms with van der Waals surface area (Å²) in [4.78, 5) is 12.5. The molecule has 80 valence electrons. The van der Waals surface area contributed by atoms with Crippen molar-refractivity contribution in [2.75, 3.05) is 5.32 Å². The van der Waals surface area contributed by atoms with Gasteiger partial charge in [-0.15, -0.1) is 11.3 Å². The molecule has 2 N–H and O–H groups in total. The maximum absolute atomic E-state index is 11.9. The van der Waals surface area contributed by atoms with E-state index in [9.17, 15) is 9.90 Å². The number of nitrogens with one attached hydrogen (secondary N) is 1. The molecule has 1 aliphatic heterocycles. The fraction of sp³-hybridized carbons (Fsp3) is 0.0833. The van der Waals surface area contributed by atoms with E-state index in [2.05, 4.69) is 5.32 Å². The topological polar surface area (TPSA) is 49.3 Å². The lowest BCUT2D eigenvalue weighted by atomic mass is 9.94. The number of para-hydroxylation sites is 1. The van der Waals surface area contributed by atoms with Crippen LogP contribution in [-0.4, -0.2) is 11.0 Å². The van der Waals surface area contributed by atoms with E-state index in [1.165, 1.54) is 11.3 Å². The van der Waals surface area contributed by atoms with Gasteiger partial charge in [0.25, 0.3) is 5.91 Å². The Morgan fingerprint density at radius 1 is 1.19 bits per heavy atom. The second-order valence-electron chi connectivity index (χ2n) is 3.69. The number of rotatable bonds is 1. The van der Waals surface area contributed by atoms with Crippen LogP contribution in [0.15, 0.2) is 41.8 Å². The van der Waals surface area contributed by atoms with Crippen molar-refractivity contribution in [1.82, 2.24) is 0 Å². The Labute approximate surface area is 96.4 Å². The maximum Gasteiger partial charge on any atom is 0.266 e. The van der Waals surface area contributed by atoms with Crippen LogP contribution < -0.4 is 5.32 Å². The molecule has 0 aliphatic carbocycles. The van der Waals surface area contributed by atoms with Crippen molar-refractivity contribution in [3.8, 4) is 0 Å². The molecular formula is C12H9NO2S. The summed E-state index contributed by atoms with van der Waals surface area (Å²) >= 11 is 1.38. The van der Waals surface area contributed by atoms with E-state index in [1.807, 2.05) is 23.6 Å². The number of benzene rings is 1. The van der Waals surface area contributed by atoms with Gasteiger partial charge in [-0.05, 0) is 17.5 Å². The van der Waals surface area contributed by atoms with Crippen LogP contribution in [-0.2, 0) is 10.4 Å². The average Bonchev–Trinajstić information content (AvgIpc) is 2.89. The molecule has 1 aromatic heterocycles. The molecule has 1 aliphatic rings. The van der Waals surface area contributed by atoms with Gasteiger partial charge in [0.2, 0.25) is 5.60 Å². The smallest absolute Gasteiger partial charge is 0.266 e. The van der Waals surface area contributed by atoms with Crippen LogP contribution in [0.25, 0.3) is 0 Å². The summed E-state index contributed by atoms with van der Waals surface area (Å²) in [6, 6.07) is 10.8. The summed E-state index contributed by atoms with van der Waals surface area (Å²) in [5.74, 6) is -0.379. The van der Waals surface area contributed by atoms with Crippen molar-refractivity contribution in [3.63, 3.8) is 0 Å². The fourth-order valence-electron chi connectivity index (χ4n) is 1.97. The van der Waals surface area contributed by atoms with Crippen LogP contribution in [0, 0.1) is 0 Å². The SMILES string of the molecule is O=C1Nc2ccccc2[C@]1(O)c1cccs1. The first-order chi connectivity index (χ1) is 7.73. The van der Waals surface area contributed by atoms with Crippen LogP contribution in [0.1, 0.15) is 10.4 Å². The Bertz CT molecular complexity index is 550. The van der Waals surface area contributed by atoms with Gasteiger partial charge in [-0.3, -0.25) is 4.79 Å². The zero-order valence-corrected chi connectivity index (χ0v) is 9.12. The highest BCUT2D eigenvalue weighted by molar-refractivity contribution is 7.10. The van der Waals surface area contributed by atoms with Crippen LogP contribution in [0.5, 0.6) is 0 Å². The highest BCUT2D eigenvalue weighted by atomic mass is 32.1. The summed E-state index contributed by atoms with van der Waals surface area (Å²) in [5, 5.41) is 15.1. The minimum Gasteiger partial charge on any atom is -0.371 e. The first kappa shape index (κ1) is 9.57. The summed E-state index contributed by atoms with van der Waals surface area (Å²) in [7, 11) is 0. The third-order valence-corrected chi connectivity index (χ3v) is 3.75. The maximum atomic E-state index is 11.9. The highest BCUT2D eigenvalue weighted by Gasteiger charge is 2.47. The molecule has 0 bridgehead atoms. The van der Waals surface area contributed by atoms with Gasteiger partial charge in [0.1, 0.15) is 0 Å². The third-order valence-electron chi connectivity index (χ3n) is 2.77. The lowest BCUT2D eigenvalue weighted by molar-refractivity contribution is -0.129. The lowest BCUT2D eigenvalue weighted by Gasteiger charge is -2.18. The summed E-state index contributed by atoms with van der Waals surface area (Å²) < 4.78 is 0. The monoisotopic (exact) mass is 231 g/mol. The minimum absolute atomic E-state index is 0.379. The van der Waals surface area contributed by atoms with Gasteiger partial charge in [0.05, 0.1) is 4.88 Å².